The Labute approximate surface area is 179 Å². The van der Waals surface area contributed by atoms with Gasteiger partial charge in [0.1, 0.15) is 23.4 Å². The van der Waals surface area contributed by atoms with E-state index in [2.05, 4.69) is 15.5 Å². The normalized spacial score (nSPS) is 11.8. The fraction of sp³-hybridized carbons (Fsp3) is 0.167. The maximum atomic E-state index is 14.7. The highest BCUT2D eigenvalue weighted by atomic mass is 19.1. The number of hydrogen-bond acceptors (Lipinski definition) is 6. The molecule has 31 heavy (non-hydrogen) atoms. The Morgan fingerprint density at radius 2 is 1.71 bits per heavy atom. The van der Waals surface area contributed by atoms with Crippen molar-refractivity contribution in [1.82, 2.24) is 15.5 Å². The molecule has 0 bridgehead atoms. The standard InChI is InChI=1S/C24H22FN3O3/c1-29-18-12-13-21(30-2)17(14-18)15-26-22(19-10-6-7-11-20(19)25)24-28-27-23(31-24)16-8-4-3-5-9-16/h3-14,22,26H,15H2,1-2H3. The molecule has 0 aliphatic heterocycles. The molecule has 0 aliphatic carbocycles. The number of aromatic nitrogens is 2. The third kappa shape index (κ3) is 4.57. The highest BCUT2D eigenvalue weighted by molar-refractivity contribution is 5.52. The molecule has 0 spiro atoms. The Hall–Kier alpha value is -3.71. The van der Waals surface area contributed by atoms with Crippen molar-refractivity contribution < 1.29 is 18.3 Å². The van der Waals surface area contributed by atoms with Gasteiger partial charge in [-0.2, -0.15) is 0 Å². The van der Waals surface area contributed by atoms with Crippen LogP contribution in [-0.2, 0) is 6.54 Å². The molecule has 0 saturated heterocycles. The molecule has 1 heterocycles. The van der Waals surface area contributed by atoms with Crippen molar-refractivity contribution in [3.63, 3.8) is 0 Å². The van der Waals surface area contributed by atoms with Crippen LogP contribution in [0.1, 0.15) is 23.1 Å². The number of nitrogens with one attached hydrogen (secondary N) is 1. The number of nitrogens with zero attached hydrogens (tertiary/aromatic N) is 2. The van der Waals surface area contributed by atoms with Gasteiger partial charge in [0.05, 0.1) is 14.2 Å². The van der Waals surface area contributed by atoms with Gasteiger partial charge in [-0.3, -0.25) is 5.32 Å². The van der Waals surface area contributed by atoms with Crippen molar-refractivity contribution in [2.45, 2.75) is 12.6 Å². The third-order valence-electron chi connectivity index (χ3n) is 4.91. The molecule has 7 heteroatoms. The van der Waals surface area contributed by atoms with E-state index in [1.165, 1.54) is 6.07 Å². The topological polar surface area (TPSA) is 69.4 Å². The van der Waals surface area contributed by atoms with Gasteiger partial charge in [-0.15, -0.1) is 10.2 Å². The highest BCUT2D eigenvalue weighted by Gasteiger charge is 2.24. The molecule has 0 aliphatic rings. The van der Waals surface area contributed by atoms with Crippen LogP contribution in [-0.4, -0.2) is 24.4 Å². The molecule has 0 saturated carbocycles. The number of benzene rings is 3. The van der Waals surface area contributed by atoms with E-state index in [4.69, 9.17) is 13.9 Å². The Bertz CT molecular complexity index is 1150. The fourth-order valence-corrected chi connectivity index (χ4v) is 3.32. The lowest BCUT2D eigenvalue weighted by atomic mass is 10.1. The summed E-state index contributed by atoms with van der Waals surface area (Å²) in [7, 11) is 3.20. The first-order valence-electron chi connectivity index (χ1n) is 9.77. The van der Waals surface area contributed by atoms with E-state index in [1.54, 1.807) is 32.4 Å². The van der Waals surface area contributed by atoms with Crippen molar-refractivity contribution >= 4 is 0 Å². The number of ether oxygens (including phenoxy) is 2. The second-order valence-corrected chi connectivity index (χ2v) is 6.82. The molecular formula is C24H22FN3O3. The minimum Gasteiger partial charge on any atom is -0.497 e. The quantitative estimate of drug-likeness (QED) is 0.444. The lowest BCUT2D eigenvalue weighted by molar-refractivity contribution is 0.391. The van der Waals surface area contributed by atoms with Crippen LogP contribution in [0.15, 0.2) is 77.2 Å². The van der Waals surface area contributed by atoms with Gasteiger partial charge in [0.2, 0.25) is 11.8 Å². The molecule has 158 valence electrons. The molecule has 1 N–H and O–H groups in total. The van der Waals surface area contributed by atoms with Crippen LogP contribution in [0.3, 0.4) is 0 Å². The van der Waals surface area contributed by atoms with Crippen LogP contribution in [0.25, 0.3) is 11.5 Å². The van der Waals surface area contributed by atoms with E-state index in [9.17, 15) is 4.39 Å². The van der Waals surface area contributed by atoms with Crippen molar-refractivity contribution in [3.8, 4) is 23.0 Å². The van der Waals surface area contributed by atoms with Crippen molar-refractivity contribution in [3.05, 3.63) is 95.6 Å². The maximum Gasteiger partial charge on any atom is 0.247 e. The van der Waals surface area contributed by atoms with Crippen molar-refractivity contribution in [2.75, 3.05) is 14.2 Å². The summed E-state index contributed by atoms with van der Waals surface area (Å²) in [4.78, 5) is 0. The summed E-state index contributed by atoms with van der Waals surface area (Å²) in [6.07, 6.45) is 0. The molecule has 0 radical (unpaired) electrons. The Kier molecular flexibility index (Phi) is 6.24. The smallest absolute Gasteiger partial charge is 0.247 e. The van der Waals surface area contributed by atoms with Crippen LogP contribution >= 0.6 is 0 Å². The van der Waals surface area contributed by atoms with E-state index in [0.717, 1.165) is 11.1 Å². The SMILES string of the molecule is COc1ccc(OC)c(CNC(c2nnc(-c3ccccc3)o2)c2ccccc2F)c1. The average Bonchev–Trinajstić information content (AvgIpc) is 3.31. The van der Waals surface area contributed by atoms with Gasteiger partial charge in [-0.05, 0) is 36.4 Å². The monoisotopic (exact) mass is 419 g/mol. The van der Waals surface area contributed by atoms with Crippen LogP contribution in [0.5, 0.6) is 11.5 Å². The minimum atomic E-state index is -0.651. The summed E-state index contributed by atoms with van der Waals surface area (Å²) in [5.41, 5.74) is 2.06. The molecule has 4 aromatic rings. The van der Waals surface area contributed by atoms with Crippen molar-refractivity contribution in [2.24, 2.45) is 0 Å². The number of hydrogen-bond donors (Lipinski definition) is 1. The minimum absolute atomic E-state index is 0.269. The van der Waals surface area contributed by atoms with Crippen LogP contribution < -0.4 is 14.8 Å². The second kappa shape index (κ2) is 9.40. The first-order chi connectivity index (χ1) is 15.2. The van der Waals surface area contributed by atoms with E-state index < -0.39 is 6.04 Å². The molecule has 4 rings (SSSR count). The van der Waals surface area contributed by atoms with Gasteiger partial charge in [0.15, 0.2) is 0 Å². The molecule has 3 aromatic carbocycles. The van der Waals surface area contributed by atoms with Gasteiger partial charge in [-0.25, -0.2) is 4.39 Å². The van der Waals surface area contributed by atoms with Crippen LogP contribution in [0.2, 0.25) is 0 Å². The van der Waals surface area contributed by atoms with Gasteiger partial charge in [-0.1, -0.05) is 36.4 Å². The summed E-state index contributed by atoms with van der Waals surface area (Å²) in [6, 6.07) is 20.8. The van der Waals surface area contributed by atoms with Crippen LogP contribution in [0, 0.1) is 5.82 Å². The van der Waals surface area contributed by atoms with Gasteiger partial charge < -0.3 is 13.9 Å². The van der Waals surface area contributed by atoms with E-state index in [1.807, 2.05) is 48.5 Å². The Morgan fingerprint density at radius 1 is 0.935 bits per heavy atom. The maximum absolute atomic E-state index is 14.7. The Morgan fingerprint density at radius 3 is 2.45 bits per heavy atom. The van der Waals surface area contributed by atoms with Crippen LogP contribution in [0.4, 0.5) is 4.39 Å². The highest BCUT2D eigenvalue weighted by Crippen LogP contribution is 2.29. The van der Waals surface area contributed by atoms with Gasteiger partial charge >= 0.3 is 0 Å². The van der Waals surface area contributed by atoms with Crippen molar-refractivity contribution in [1.29, 1.82) is 0 Å². The van der Waals surface area contributed by atoms with Gasteiger partial charge in [0.25, 0.3) is 0 Å². The lowest BCUT2D eigenvalue weighted by Crippen LogP contribution is -2.23. The lowest BCUT2D eigenvalue weighted by Gasteiger charge is -2.18. The molecule has 1 unspecified atom stereocenters. The predicted molar refractivity (Wildman–Crippen MR) is 114 cm³/mol. The molecule has 1 atom stereocenters. The van der Waals surface area contributed by atoms with Gasteiger partial charge in [0, 0.05) is 23.2 Å². The van der Waals surface area contributed by atoms with E-state index in [-0.39, 0.29) is 11.7 Å². The number of rotatable bonds is 8. The zero-order chi connectivity index (χ0) is 21.6. The summed E-state index contributed by atoms with van der Waals surface area (Å²) in [5, 5.41) is 11.7. The fourth-order valence-electron chi connectivity index (χ4n) is 3.32. The molecule has 0 amide bonds. The predicted octanol–water partition coefficient (Wildman–Crippen LogP) is 4.77. The molecule has 0 fully saturated rings. The summed E-state index contributed by atoms with van der Waals surface area (Å²) in [5.74, 6) is 1.67. The average molecular weight is 419 g/mol. The number of methoxy groups -OCH3 is 2. The second-order valence-electron chi connectivity index (χ2n) is 6.82. The van der Waals surface area contributed by atoms with E-state index >= 15 is 0 Å². The Balaban J connectivity index is 1.67. The summed E-state index contributed by atoms with van der Waals surface area (Å²) in [6.45, 7) is 0.364. The zero-order valence-electron chi connectivity index (χ0n) is 17.2. The third-order valence-corrected chi connectivity index (χ3v) is 4.91. The summed E-state index contributed by atoms with van der Waals surface area (Å²) >= 11 is 0. The number of halogens is 1. The molecule has 1 aromatic heterocycles. The largest absolute Gasteiger partial charge is 0.497 e. The summed E-state index contributed by atoms with van der Waals surface area (Å²) < 4.78 is 31.4. The van der Waals surface area contributed by atoms with E-state index in [0.29, 0.717) is 29.5 Å². The molecular weight excluding hydrogens is 397 g/mol. The first kappa shape index (κ1) is 20.6. The molecule has 6 nitrogen and oxygen atoms in total. The first-order valence-corrected chi connectivity index (χ1v) is 9.77. The zero-order valence-corrected chi connectivity index (χ0v) is 17.2.